The van der Waals surface area contributed by atoms with Crippen molar-refractivity contribution < 1.29 is 9.90 Å². The molecule has 0 bridgehead atoms. The SMILES string of the molecule is Cc1ccc2c(c1)CCCN2CC(=O)O.Cl. The number of carbonyl (C=O) groups is 1. The highest BCUT2D eigenvalue weighted by Crippen LogP contribution is 2.27. The third-order valence-corrected chi connectivity index (χ3v) is 2.78. The van der Waals surface area contributed by atoms with Crippen LogP contribution in [0.4, 0.5) is 5.69 Å². The van der Waals surface area contributed by atoms with Gasteiger partial charge in [-0.3, -0.25) is 4.79 Å². The average molecular weight is 242 g/mol. The molecule has 0 spiro atoms. The number of benzene rings is 1. The highest BCUT2D eigenvalue weighted by atomic mass is 35.5. The molecule has 0 radical (unpaired) electrons. The fourth-order valence-electron chi connectivity index (χ4n) is 2.13. The second-order valence-corrected chi connectivity index (χ2v) is 4.05. The zero-order valence-electron chi connectivity index (χ0n) is 9.27. The summed E-state index contributed by atoms with van der Waals surface area (Å²) in [6, 6.07) is 6.23. The van der Waals surface area contributed by atoms with Gasteiger partial charge in [-0.1, -0.05) is 17.7 Å². The van der Waals surface area contributed by atoms with E-state index < -0.39 is 5.97 Å². The van der Waals surface area contributed by atoms with E-state index in [-0.39, 0.29) is 19.0 Å². The molecular formula is C12H16ClNO2. The lowest BCUT2D eigenvalue weighted by Crippen LogP contribution is -2.34. The van der Waals surface area contributed by atoms with Crippen LogP contribution < -0.4 is 4.90 Å². The van der Waals surface area contributed by atoms with Gasteiger partial charge in [0.1, 0.15) is 6.54 Å². The summed E-state index contributed by atoms with van der Waals surface area (Å²) >= 11 is 0. The predicted molar refractivity (Wildman–Crippen MR) is 66.6 cm³/mol. The number of hydrogen-bond acceptors (Lipinski definition) is 2. The summed E-state index contributed by atoms with van der Waals surface area (Å²) in [4.78, 5) is 12.6. The van der Waals surface area contributed by atoms with Gasteiger partial charge in [0.15, 0.2) is 0 Å². The molecule has 3 nitrogen and oxygen atoms in total. The molecule has 0 atom stereocenters. The molecule has 2 rings (SSSR count). The van der Waals surface area contributed by atoms with Crippen LogP contribution in [0.1, 0.15) is 17.5 Å². The molecule has 0 fully saturated rings. The van der Waals surface area contributed by atoms with Gasteiger partial charge in [0.25, 0.3) is 0 Å². The Morgan fingerprint density at radius 1 is 1.50 bits per heavy atom. The summed E-state index contributed by atoms with van der Waals surface area (Å²) in [6.07, 6.45) is 2.11. The van der Waals surface area contributed by atoms with Crippen LogP contribution in [0, 0.1) is 6.92 Å². The molecule has 1 N–H and O–H groups in total. The molecule has 1 aromatic carbocycles. The summed E-state index contributed by atoms with van der Waals surface area (Å²) in [5.74, 6) is -0.761. The van der Waals surface area contributed by atoms with Gasteiger partial charge in [-0.05, 0) is 31.4 Å². The van der Waals surface area contributed by atoms with E-state index >= 15 is 0 Å². The molecule has 4 heteroatoms. The molecule has 0 unspecified atom stereocenters. The Morgan fingerprint density at radius 3 is 2.94 bits per heavy atom. The topological polar surface area (TPSA) is 40.5 Å². The number of rotatable bonds is 2. The monoisotopic (exact) mass is 241 g/mol. The third kappa shape index (κ3) is 2.67. The van der Waals surface area contributed by atoms with E-state index in [0.29, 0.717) is 0 Å². The first-order valence-corrected chi connectivity index (χ1v) is 5.23. The van der Waals surface area contributed by atoms with Crippen molar-refractivity contribution in [3.63, 3.8) is 0 Å². The van der Waals surface area contributed by atoms with E-state index in [1.165, 1.54) is 11.1 Å². The van der Waals surface area contributed by atoms with E-state index in [2.05, 4.69) is 13.0 Å². The maximum Gasteiger partial charge on any atom is 0.323 e. The van der Waals surface area contributed by atoms with Gasteiger partial charge < -0.3 is 10.0 Å². The summed E-state index contributed by atoms with van der Waals surface area (Å²) in [7, 11) is 0. The van der Waals surface area contributed by atoms with Gasteiger partial charge in [0, 0.05) is 12.2 Å². The Balaban J connectivity index is 0.00000128. The number of carboxylic acid groups (broad SMARTS) is 1. The summed E-state index contributed by atoms with van der Waals surface area (Å²) in [6.45, 7) is 3.02. The second kappa shape index (κ2) is 5.21. The van der Waals surface area contributed by atoms with Crippen molar-refractivity contribution in [1.82, 2.24) is 0 Å². The number of halogens is 1. The zero-order valence-corrected chi connectivity index (χ0v) is 10.1. The first kappa shape index (κ1) is 12.8. The standard InChI is InChI=1S/C12H15NO2.ClH/c1-9-4-5-11-10(7-9)3-2-6-13(11)8-12(14)15;/h4-5,7H,2-3,6,8H2,1H3,(H,14,15);1H. The van der Waals surface area contributed by atoms with Crippen molar-refractivity contribution in [3.05, 3.63) is 29.3 Å². The van der Waals surface area contributed by atoms with E-state index in [4.69, 9.17) is 5.11 Å². The van der Waals surface area contributed by atoms with Gasteiger partial charge in [0.2, 0.25) is 0 Å². The molecule has 0 aliphatic carbocycles. The summed E-state index contributed by atoms with van der Waals surface area (Å²) < 4.78 is 0. The predicted octanol–water partition coefficient (Wildman–Crippen LogP) is 2.25. The number of fused-ring (bicyclic) bond motifs is 1. The lowest BCUT2D eigenvalue weighted by molar-refractivity contribution is -0.135. The minimum Gasteiger partial charge on any atom is -0.480 e. The number of hydrogen-bond donors (Lipinski definition) is 1. The molecule has 88 valence electrons. The highest BCUT2D eigenvalue weighted by molar-refractivity contribution is 5.85. The molecule has 1 aliphatic rings. The summed E-state index contributed by atoms with van der Waals surface area (Å²) in [5, 5.41) is 8.80. The molecule has 1 aromatic rings. The minimum atomic E-state index is -0.761. The van der Waals surface area contributed by atoms with Crippen LogP contribution in [0.5, 0.6) is 0 Å². The molecule has 16 heavy (non-hydrogen) atoms. The van der Waals surface area contributed by atoms with Crippen molar-refractivity contribution in [2.75, 3.05) is 18.0 Å². The molecule has 0 saturated heterocycles. The summed E-state index contributed by atoms with van der Waals surface area (Å²) in [5.41, 5.74) is 3.61. The van der Waals surface area contributed by atoms with E-state index in [1.54, 1.807) is 0 Å². The maximum atomic E-state index is 10.7. The molecule has 0 saturated carbocycles. The minimum absolute atomic E-state index is 0. The van der Waals surface area contributed by atoms with Gasteiger partial charge in [-0.2, -0.15) is 0 Å². The number of aryl methyl sites for hydroxylation is 2. The average Bonchev–Trinajstić information content (AvgIpc) is 2.16. The Kier molecular flexibility index (Phi) is 4.19. The van der Waals surface area contributed by atoms with Crippen LogP contribution in [0.2, 0.25) is 0 Å². The second-order valence-electron chi connectivity index (χ2n) is 4.05. The largest absolute Gasteiger partial charge is 0.480 e. The van der Waals surface area contributed by atoms with Crippen molar-refractivity contribution in [2.45, 2.75) is 19.8 Å². The Morgan fingerprint density at radius 2 is 2.25 bits per heavy atom. The van der Waals surface area contributed by atoms with E-state index in [1.807, 2.05) is 17.0 Å². The van der Waals surface area contributed by atoms with Gasteiger partial charge in [0.05, 0.1) is 0 Å². The van der Waals surface area contributed by atoms with Crippen LogP contribution in [0.15, 0.2) is 18.2 Å². The van der Waals surface area contributed by atoms with Gasteiger partial charge >= 0.3 is 5.97 Å². The Labute approximate surface area is 101 Å². The zero-order chi connectivity index (χ0) is 10.8. The number of nitrogens with zero attached hydrogens (tertiary/aromatic N) is 1. The van der Waals surface area contributed by atoms with Crippen LogP contribution >= 0.6 is 12.4 Å². The fourth-order valence-corrected chi connectivity index (χ4v) is 2.13. The first-order chi connectivity index (χ1) is 7.16. The van der Waals surface area contributed by atoms with Crippen LogP contribution in [0.25, 0.3) is 0 Å². The maximum absolute atomic E-state index is 10.7. The van der Waals surface area contributed by atoms with Crippen molar-refractivity contribution >= 4 is 24.1 Å². The van der Waals surface area contributed by atoms with Crippen LogP contribution in [-0.4, -0.2) is 24.2 Å². The molecule has 0 aromatic heterocycles. The number of aliphatic carboxylic acids is 1. The fraction of sp³-hybridized carbons (Fsp3) is 0.417. The molecule has 1 aliphatic heterocycles. The van der Waals surface area contributed by atoms with Crippen LogP contribution in [-0.2, 0) is 11.2 Å². The van der Waals surface area contributed by atoms with E-state index in [0.717, 1.165) is 25.1 Å². The Hall–Kier alpha value is -1.22. The Bertz CT molecular complexity index is 393. The lowest BCUT2D eigenvalue weighted by atomic mass is 10.00. The molecule has 0 amide bonds. The smallest absolute Gasteiger partial charge is 0.323 e. The van der Waals surface area contributed by atoms with Crippen molar-refractivity contribution in [3.8, 4) is 0 Å². The lowest BCUT2D eigenvalue weighted by Gasteiger charge is -2.30. The third-order valence-electron chi connectivity index (χ3n) is 2.78. The first-order valence-electron chi connectivity index (χ1n) is 5.23. The quantitative estimate of drug-likeness (QED) is 0.864. The van der Waals surface area contributed by atoms with Gasteiger partial charge in [-0.15, -0.1) is 12.4 Å². The number of anilines is 1. The molecule has 1 heterocycles. The van der Waals surface area contributed by atoms with E-state index in [9.17, 15) is 4.79 Å². The highest BCUT2D eigenvalue weighted by Gasteiger charge is 2.18. The van der Waals surface area contributed by atoms with Crippen molar-refractivity contribution in [1.29, 1.82) is 0 Å². The van der Waals surface area contributed by atoms with Crippen LogP contribution in [0.3, 0.4) is 0 Å². The van der Waals surface area contributed by atoms with Gasteiger partial charge in [-0.25, -0.2) is 0 Å². The molecular weight excluding hydrogens is 226 g/mol. The van der Waals surface area contributed by atoms with Crippen molar-refractivity contribution in [2.24, 2.45) is 0 Å². The number of carboxylic acids is 1. The normalized spacial score (nSPS) is 13.9.